The highest BCUT2D eigenvalue weighted by Gasteiger charge is 2.44. The van der Waals surface area contributed by atoms with Gasteiger partial charge in [-0.3, -0.25) is 14.4 Å². The van der Waals surface area contributed by atoms with Crippen LogP contribution in [0.5, 0.6) is 0 Å². The highest BCUT2D eigenvalue weighted by Crippen LogP contribution is 2.35. The molecule has 2 aromatic rings. The van der Waals surface area contributed by atoms with Crippen LogP contribution in [0, 0.1) is 13.8 Å². The first kappa shape index (κ1) is 33.3. The second-order valence-corrected chi connectivity index (χ2v) is 11.8. The van der Waals surface area contributed by atoms with E-state index in [1.807, 2.05) is 83.1 Å². The molecule has 0 fully saturated rings. The largest absolute Gasteiger partial charge is 0.468 e. The van der Waals surface area contributed by atoms with Gasteiger partial charge in [-0.1, -0.05) is 55.5 Å². The van der Waals surface area contributed by atoms with Crippen molar-refractivity contribution in [3.8, 4) is 0 Å². The maximum absolute atomic E-state index is 14.7. The summed E-state index contributed by atoms with van der Waals surface area (Å²) >= 11 is 0. The zero-order valence-electron chi connectivity index (χ0n) is 25.8. The molecule has 41 heavy (non-hydrogen) atoms. The predicted molar refractivity (Wildman–Crippen MR) is 158 cm³/mol. The van der Waals surface area contributed by atoms with Crippen LogP contribution >= 0.6 is 0 Å². The molecule has 0 saturated heterocycles. The van der Waals surface area contributed by atoms with Crippen LogP contribution in [0.3, 0.4) is 0 Å². The number of esters is 1. The van der Waals surface area contributed by atoms with E-state index in [4.69, 9.17) is 9.47 Å². The van der Waals surface area contributed by atoms with Crippen molar-refractivity contribution in [1.29, 1.82) is 0 Å². The van der Waals surface area contributed by atoms with Crippen molar-refractivity contribution in [3.05, 3.63) is 70.8 Å². The minimum absolute atomic E-state index is 0.179. The Morgan fingerprint density at radius 1 is 0.902 bits per heavy atom. The minimum atomic E-state index is -1.10. The third-order valence-corrected chi connectivity index (χ3v) is 6.98. The van der Waals surface area contributed by atoms with E-state index >= 15 is 0 Å². The van der Waals surface area contributed by atoms with E-state index in [1.54, 1.807) is 25.7 Å². The first-order chi connectivity index (χ1) is 19.1. The Kier molecular flexibility index (Phi) is 11.5. The summed E-state index contributed by atoms with van der Waals surface area (Å²) in [6.07, 6.45) is -0.0484. The van der Waals surface area contributed by atoms with Gasteiger partial charge in [0.15, 0.2) is 0 Å². The molecule has 2 aromatic carbocycles. The number of benzene rings is 2. The fraction of sp³-hybridized carbons (Fsp3) is 0.500. The molecule has 0 saturated carbocycles. The molecular formula is C32H45N3O6. The summed E-state index contributed by atoms with van der Waals surface area (Å²) in [6.45, 7) is 14.3. The average Bonchev–Trinajstić information content (AvgIpc) is 2.89. The fourth-order valence-corrected chi connectivity index (χ4v) is 4.58. The van der Waals surface area contributed by atoms with E-state index in [2.05, 4.69) is 10.6 Å². The maximum Gasteiger partial charge on any atom is 0.408 e. The van der Waals surface area contributed by atoms with Crippen LogP contribution in [-0.2, 0) is 30.3 Å². The molecule has 0 spiro atoms. The van der Waals surface area contributed by atoms with Crippen LogP contribution < -0.4 is 10.6 Å². The van der Waals surface area contributed by atoms with Crippen LogP contribution in [0.25, 0.3) is 0 Å². The number of nitrogens with one attached hydrogen (secondary N) is 2. The summed E-state index contributed by atoms with van der Waals surface area (Å²) < 4.78 is 10.2. The third kappa shape index (κ3) is 9.33. The van der Waals surface area contributed by atoms with Gasteiger partial charge in [-0.15, -0.1) is 0 Å². The van der Waals surface area contributed by atoms with E-state index in [1.165, 1.54) is 7.11 Å². The summed E-state index contributed by atoms with van der Waals surface area (Å²) in [5, 5.41) is 5.43. The van der Waals surface area contributed by atoms with Crippen molar-refractivity contribution in [2.75, 3.05) is 13.7 Å². The molecule has 2 unspecified atom stereocenters. The Balaban J connectivity index is 2.71. The zero-order valence-corrected chi connectivity index (χ0v) is 25.8. The van der Waals surface area contributed by atoms with Crippen LogP contribution in [0.2, 0.25) is 0 Å². The van der Waals surface area contributed by atoms with Gasteiger partial charge in [0.1, 0.15) is 24.2 Å². The van der Waals surface area contributed by atoms with E-state index in [0.29, 0.717) is 12.0 Å². The number of rotatable bonds is 11. The molecule has 9 heteroatoms. The van der Waals surface area contributed by atoms with Gasteiger partial charge in [0, 0.05) is 12.0 Å². The number of hydrogen-bond donors (Lipinski definition) is 2. The van der Waals surface area contributed by atoms with Crippen molar-refractivity contribution in [2.24, 2.45) is 0 Å². The molecule has 2 atom stereocenters. The van der Waals surface area contributed by atoms with Gasteiger partial charge in [-0.2, -0.15) is 0 Å². The van der Waals surface area contributed by atoms with Gasteiger partial charge in [0.25, 0.3) is 0 Å². The van der Waals surface area contributed by atoms with Gasteiger partial charge in [-0.25, -0.2) is 4.79 Å². The monoisotopic (exact) mass is 567 g/mol. The van der Waals surface area contributed by atoms with Gasteiger partial charge in [0.05, 0.1) is 7.11 Å². The van der Waals surface area contributed by atoms with E-state index in [9.17, 15) is 19.2 Å². The normalized spacial score (nSPS) is 13.0. The Bertz CT molecular complexity index is 1200. The first-order valence-electron chi connectivity index (χ1n) is 13.9. The number of aryl methyl sites for hydroxylation is 2. The molecule has 0 aromatic heterocycles. The second kappa shape index (κ2) is 14.1. The van der Waals surface area contributed by atoms with Gasteiger partial charge < -0.3 is 25.0 Å². The first-order valence-corrected chi connectivity index (χ1v) is 13.9. The molecule has 0 radical (unpaired) electrons. The van der Waals surface area contributed by atoms with Crippen LogP contribution in [-0.4, -0.2) is 59.6 Å². The molecule has 0 bridgehead atoms. The Labute approximate surface area is 244 Å². The van der Waals surface area contributed by atoms with Crippen molar-refractivity contribution in [2.45, 2.75) is 91.5 Å². The SMILES string of the molecule is CCC(C)(C)N(C(=O)C(Cc1ccccc1)NC(=O)OC(C)(C)C)C(C(=O)NCC(=O)OC)c1c(C)cccc1C. The highest BCUT2D eigenvalue weighted by molar-refractivity contribution is 5.94. The van der Waals surface area contributed by atoms with Gasteiger partial charge in [0.2, 0.25) is 11.8 Å². The summed E-state index contributed by atoms with van der Waals surface area (Å²) in [6, 6.07) is 12.8. The van der Waals surface area contributed by atoms with E-state index < -0.39 is 47.1 Å². The lowest BCUT2D eigenvalue weighted by Gasteiger charge is -2.45. The summed E-state index contributed by atoms with van der Waals surface area (Å²) in [5.41, 5.74) is 1.50. The molecule has 224 valence electrons. The predicted octanol–water partition coefficient (Wildman–Crippen LogP) is 4.79. The number of carbonyl (C=O) groups is 4. The quantitative estimate of drug-likeness (QED) is 0.378. The zero-order chi connectivity index (χ0) is 31.0. The number of methoxy groups -OCH3 is 1. The standard InChI is InChI=1S/C32H45N3O6/c1-10-32(7,8)35(27(28(37)33-20-25(36)40-9)26-21(2)15-14-16-22(26)3)29(38)24(19-23-17-12-11-13-18-23)34-30(39)41-31(4,5)6/h11-18,24,27H,10,19-20H2,1-9H3,(H,33,37)(H,34,39). The summed E-state index contributed by atoms with van der Waals surface area (Å²) in [5.74, 6) is -1.59. The molecule has 0 aliphatic carbocycles. The summed E-state index contributed by atoms with van der Waals surface area (Å²) in [4.78, 5) is 55.1. The van der Waals surface area contributed by atoms with Gasteiger partial charge in [-0.05, 0) is 77.1 Å². The fourth-order valence-electron chi connectivity index (χ4n) is 4.58. The Hall–Kier alpha value is -3.88. The highest BCUT2D eigenvalue weighted by atomic mass is 16.6. The second-order valence-electron chi connectivity index (χ2n) is 11.8. The lowest BCUT2D eigenvalue weighted by atomic mass is 9.88. The molecule has 0 aliphatic heterocycles. The Morgan fingerprint density at radius 2 is 1.49 bits per heavy atom. The number of nitrogens with zero attached hydrogens (tertiary/aromatic N) is 1. The molecule has 9 nitrogen and oxygen atoms in total. The number of carbonyl (C=O) groups excluding carboxylic acids is 4. The van der Waals surface area contributed by atoms with E-state index in [-0.39, 0.29) is 13.0 Å². The van der Waals surface area contributed by atoms with Crippen LogP contribution in [0.4, 0.5) is 4.79 Å². The minimum Gasteiger partial charge on any atom is -0.468 e. The van der Waals surface area contributed by atoms with Crippen LogP contribution in [0.1, 0.15) is 76.3 Å². The van der Waals surface area contributed by atoms with Crippen molar-refractivity contribution >= 4 is 23.9 Å². The molecular weight excluding hydrogens is 522 g/mol. The number of ether oxygens (including phenoxy) is 2. The third-order valence-electron chi connectivity index (χ3n) is 6.98. The topological polar surface area (TPSA) is 114 Å². The summed E-state index contributed by atoms with van der Waals surface area (Å²) in [7, 11) is 1.24. The smallest absolute Gasteiger partial charge is 0.408 e. The lowest BCUT2D eigenvalue weighted by molar-refractivity contribution is -0.150. The number of hydrogen-bond acceptors (Lipinski definition) is 6. The molecule has 2 rings (SSSR count). The lowest BCUT2D eigenvalue weighted by Crippen LogP contribution is -2.60. The molecule has 3 amide bonds. The van der Waals surface area contributed by atoms with Crippen molar-refractivity contribution in [3.63, 3.8) is 0 Å². The average molecular weight is 568 g/mol. The number of amides is 3. The molecule has 0 heterocycles. The number of alkyl carbamates (subject to hydrolysis) is 1. The van der Waals surface area contributed by atoms with Gasteiger partial charge >= 0.3 is 12.1 Å². The van der Waals surface area contributed by atoms with Crippen molar-refractivity contribution < 1.29 is 28.7 Å². The molecule has 0 aliphatic rings. The van der Waals surface area contributed by atoms with E-state index in [0.717, 1.165) is 16.7 Å². The maximum atomic E-state index is 14.7. The molecule has 2 N–H and O–H groups in total. The van der Waals surface area contributed by atoms with Crippen molar-refractivity contribution in [1.82, 2.24) is 15.5 Å². The van der Waals surface area contributed by atoms with Crippen LogP contribution in [0.15, 0.2) is 48.5 Å². The Morgan fingerprint density at radius 3 is 2.00 bits per heavy atom.